The molecule has 0 aliphatic carbocycles. The normalized spacial score (nSPS) is 10.7. The van der Waals surface area contributed by atoms with Gasteiger partial charge in [0.05, 0.1) is 22.9 Å². The lowest BCUT2D eigenvalue weighted by molar-refractivity contribution is -0.113. The smallest absolute Gasteiger partial charge is 0.253 e. The molecule has 0 aliphatic heterocycles. The Kier molecular flexibility index (Phi) is 7.59. The summed E-state index contributed by atoms with van der Waals surface area (Å²) < 4.78 is 1.73. The number of carbonyl (C=O) groups excluding carboxylic acids is 2. The van der Waals surface area contributed by atoms with Gasteiger partial charge in [0, 0.05) is 17.8 Å². The van der Waals surface area contributed by atoms with Crippen LogP contribution in [0.15, 0.2) is 41.6 Å². The molecule has 3 aromatic rings. The van der Waals surface area contributed by atoms with Crippen LogP contribution in [-0.2, 0) is 18.4 Å². The summed E-state index contributed by atoms with van der Waals surface area (Å²) in [4.78, 5) is 24.6. The van der Waals surface area contributed by atoms with Gasteiger partial charge in [-0.05, 0) is 55.3 Å². The molecule has 2 aromatic carbocycles. The molecule has 0 fully saturated rings. The van der Waals surface area contributed by atoms with Gasteiger partial charge in [0.1, 0.15) is 0 Å². The van der Waals surface area contributed by atoms with Crippen molar-refractivity contribution < 1.29 is 9.59 Å². The maximum Gasteiger partial charge on any atom is 0.253 e. The highest BCUT2D eigenvalue weighted by molar-refractivity contribution is 7.99. The zero-order chi connectivity index (χ0) is 22.5. The van der Waals surface area contributed by atoms with E-state index in [2.05, 4.69) is 20.8 Å². The summed E-state index contributed by atoms with van der Waals surface area (Å²) >= 11 is 13.2. The highest BCUT2D eigenvalue weighted by Gasteiger charge is 2.15. The third-order valence-corrected chi connectivity index (χ3v) is 5.91. The molecule has 1 heterocycles. The van der Waals surface area contributed by atoms with E-state index in [0.29, 0.717) is 21.6 Å². The molecule has 0 unspecified atom stereocenters. The Morgan fingerprint density at radius 1 is 1.06 bits per heavy atom. The first-order valence-corrected chi connectivity index (χ1v) is 11.1. The summed E-state index contributed by atoms with van der Waals surface area (Å²) in [5.41, 5.74) is 3.27. The van der Waals surface area contributed by atoms with Crippen LogP contribution in [0, 0.1) is 13.8 Å². The second-order valence-electron chi connectivity index (χ2n) is 6.98. The number of hydrogen-bond acceptors (Lipinski definition) is 5. The maximum atomic E-state index is 12.4. The zero-order valence-corrected chi connectivity index (χ0v) is 19.5. The molecule has 162 valence electrons. The molecule has 0 atom stereocenters. The van der Waals surface area contributed by atoms with Crippen molar-refractivity contribution in [3.05, 3.63) is 69.0 Å². The van der Waals surface area contributed by atoms with Crippen LogP contribution in [-0.4, -0.2) is 32.3 Å². The number of aryl methyl sites for hydroxylation is 2. The summed E-state index contributed by atoms with van der Waals surface area (Å²) in [5, 5.41) is 15.2. The van der Waals surface area contributed by atoms with Crippen molar-refractivity contribution in [1.82, 2.24) is 20.1 Å². The van der Waals surface area contributed by atoms with Gasteiger partial charge in [0.2, 0.25) is 5.91 Å². The molecule has 0 saturated heterocycles. The Morgan fingerprint density at radius 2 is 1.77 bits per heavy atom. The Bertz CT molecular complexity index is 1110. The SMILES string of the molecule is Cc1cc(C)cc(NC(=O)CSc2nnc(CNC(=O)c3ccc(Cl)cc3Cl)n2C)c1. The molecule has 0 bridgehead atoms. The monoisotopic (exact) mass is 477 g/mol. The number of nitrogens with zero attached hydrogens (tertiary/aromatic N) is 3. The van der Waals surface area contributed by atoms with Crippen molar-refractivity contribution >= 4 is 52.5 Å². The van der Waals surface area contributed by atoms with Crippen LogP contribution in [0.5, 0.6) is 0 Å². The lowest BCUT2D eigenvalue weighted by atomic mass is 10.1. The number of carbonyl (C=O) groups is 2. The van der Waals surface area contributed by atoms with Crippen LogP contribution in [0.2, 0.25) is 10.0 Å². The van der Waals surface area contributed by atoms with Crippen LogP contribution < -0.4 is 10.6 Å². The van der Waals surface area contributed by atoms with E-state index in [-0.39, 0.29) is 29.1 Å². The Morgan fingerprint density at radius 3 is 2.45 bits per heavy atom. The molecule has 3 rings (SSSR count). The van der Waals surface area contributed by atoms with Gasteiger partial charge < -0.3 is 15.2 Å². The van der Waals surface area contributed by atoms with Crippen molar-refractivity contribution in [1.29, 1.82) is 0 Å². The molecule has 2 N–H and O–H groups in total. The molecule has 0 radical (unpaired) electrons. The van der Waals surface area contributed by atoms with Crippen molar-refractivity contribution in [3.63, 3.8) is 0 Å². The fraction of sp³-hybridized carbons (Fsp3) is 0.238. The van der Waals surface area contributed by atoms with E-state index in [1.165, 1.54) is 17.8 Å². The van der Waals surface area contributed by atoms with E-state index in [9.17, 15) is 9.59 Å². The van der Waals surface area contributed by atoms with Gasteiger partial charge in [-0.3, -0.25) is 9.59 Å². The Labute approximate surface area is 194 Å². The molecule has 31 heavy (non-hydrogen) atoms. The first-order valence-electron chi connectivity index (χ1n) is 9.35. The average Bonchev–Trinajstić information content (AvgIpc) is 3.03. The average molecular weight is 478 g/mol. The minimum Gasteiger partial charge on any atom is -0.345 e. The topological polar surface area (TPSA) is 88.9 Å². The number of thioether (sulfide) groups is 1. The molecule has 0 saturated carbocycles. The van der Waals surface area contributed by atoms with E-state index in [1.807, 2.05) is 32.0 Å². The standard InChI is InChI=1S/C21H21Cl2N5O2S/c1-12-6-13(2)8-15(7-12)25-19(29)11-31-21-27-26-18(28(21)3)10-24-20(30)16-5-4-14(22)9-17(16)23/h4-9H,10-11H2,1-3H3,(H,24,30)(H,25,29). The molecular formula is C21H21Cl2N5O2S. The van der Waals surface area contributed by atoms with Gasteiger partial charge >= 0.3 is 0 Å². The minimum atomic E-state index is -0.341. The Hall–Kier alpha value is -2.55. The number of rotatable bonds is 7. The fourth-order valence-corrected chi connectivity index (χ4v) is 4.15. The maximum absolute atomic E-state index is 12.4. The molecule has 1 aromatic heterocycles. The second kappa shape index (κ2) is 10.2. The van der Waals surface area contributed by atoms with E-state index in [0.717, 1.165) is 16.8 Å². The van der Waals surface area contributed by atoms with Crippen molar-refractivity contribution in [3.8, 4) is 0 Å². The predicted molar refractivity (Wildman–Crippen MR) is 124 cm³/mol. The van der Waals surface area contributed by atoms with Gasteiger partial charge in [0.25, 0.3) is 5.91 Å². The van der Waals surface area contributed by atoms with Crippen LogP contribution in [0.1, 0.15) is 27.3 Å². The number of halogens is 2. The van der Waals surface area contributed by atoms with Crippen LogP contribution >= 0.6 is 35.0 Å². The molecular weight excluding hydrogens is 457 g/mol. The number of hydrogen-bond donors (Lipinski definition) is 2. The van der Waals surface area contributed by atoms with Gasteiger partial charge in [-0.25, -0.2) is 0 Å². The lowest BCUT2D eigenvalue weighted by Crippen LogP contribution is -2.24. The minimum absolute atomic E-state index is 0.134. The Balaban J connectivity index is 1.54. The van der Waals surface area contributed by atoms with E-state index >= 15 is 0 Å². The summed E-state index contributed by atoms with van der Waals surface area (Å²) in [5.74, 6) is 0.263. The highest BCUT2D eigenvalue weighted by atomic mass is 35.5. The van der Waals surface area contributed by atoms with Crippen LogP contribution in [0.4, 0.5) is 5.69 Å². The number of aromatic nitrogens is 3. The quantitative estimate of drug-likeness (QED) is 0.492. The van der Waals surface area contributed by atoms with Crippen LogP contribution in [0.3, 0.4) is 0 Å². The van der Waals surface area contributed by atoms with Crippen molar-refractivity contribution in [2.75, 3.05) is 11.1 Å². The summed E-state index contributed by atoms with van der Waals surface area (Å²) in [6.07, 6.45) is 0. The third-order valence-electron chi connectivity index (χ3n) is 4.35. The van der Waals surface area contributed by atoms with Gasteiger partial charge in [-0.1, -0.05) is 41.0 Å². The second-order valence-corrected chi connectivity index (χ2v) is 8.76. The third kappa shape index (κ3) is 6.22. The molecule has 0 spiro atoms. The van der Waals surface area contributed by atoms with E-state index in [1.54, 1.807) is 23.7 Å². The van der Waals surface area contributed by atoms with Crippen molar-refractivity contribution in [2.24, 2.45) is 7.05 Å². The highest BCUT2D eigenvalue weighted by Crippen LogP contribution is 2.21. The number of anilines is 1. The first-order chi connectivity index (χ1) is 14.7. The van der Waals surface area contributed by atoms with Crippen LogP contribution in [0.25, 0.3) is 0 Å². The largest absolute Gasteiger partial charge is 0.345 e. The van der Waals surface area contributed by atoms with Gasteiger partial charge in [-0.2, -0.15) is 0 Å². The van der Waals surface area contributed by atoms with Gasteiger partial charge in [-0.15, -0.1) is 10.2 Å². The fourth-order valence-electron chi connectivity index (χ4n) is 2.93. The zero-order valence-electron chi connectivity index (χ0n) is 17.2. The number of nitrogens with one attached hydrogen (secondary N) is 2. The number of amides is 2. The van der Waals surface area contributed by atoms with Gasteiger partial charge in [0.15, 0.2) is 11.0 Å². The lowest BCUT2D eigenvalue weighted by Gasteiger charge is -2.08. The number of benzene rings is 2. The summed E-state index contributed by atoms with van der Waals surface area (Å²) in [6, 6.07) is 10.6. The molecule has 0 aliphatic rings. The van der Waals surface area contributed by atoms with Crippen molar-refractivity contribution in [2.45, 2.75) is 25.5 Å². The van der Waals surface area contributed by atoms with E-state index in [4.69, 9.17) is 23.2 Å². The van der Waals surface area contributed by atoms with E-state index < -0.39 is 0 Å². The summed E-state index contributed by atoms with van der Waals surface area (Å²) in [7, 11) is 1.78. The predicted octanol–water partition coefficient (Wildman–Crippen LogP) is 4.40. The molecule has 2 amide bonds. The first kappa shape index (κ1) is 23.1. The molecule has 10 heteroatoms. The molecule has 7 nitrogen and oxygen atoms in total. The summed E-state index contributed by atoms with van der Waals surface area (Å²) in [6.45, 7) is 4.13.